The summed E-state index contributed by atoms with van der Waals surface area (Å²) in [5.74, 6) is 1.01. The van der Waals surface area contributed by atoms with E-state index in [0.717, 1.165) is 18.8 Å². The van der Waals surface area contributed by atoms with Gasteiger partial charge in [-0.1, -0.05) is 26.2 Å². The number of nitrogens with two attached hydrogens (primary N) is 1. The molecule has 2 N–H and O–H groups in total. The molecule has 16 heavy (non-hydrogen) atoms. The molecule has 0 aromatic carbocycles. The topological polar surface area (TPSA) is 52.3 Å². The van der Waals surface area contributed by atoms with Crippen LogP contribution in [0.4, 0.5) is 0 Å². The Bertz CT molecular complexity index is 242. The van der Waals surface area contributed by atoms with E-state index < -0.39 is 5.41 Å². The summed E-state index contributed by atoms with van der Waals surface area (Å²) in [6, 6.07) is 0. The first kappa shape index (κ1) is 13.5. The maximum Gasteiger partial charge on any atom is 0.313 e. The first-order valence-electron chi connectivity index (χ1n) is 6.37. The highest BCUT2D eigenvalue weighted by atomic mass is 16.5. The van der Waals surface area contributed by atoms with Crippen molar-refractivity contribution in [3.8, 4) is 0 Å². The molecule has 0 amide bonds. The number of hydrogen-bond donors (Lipinski definition) is 1. The first-order chi connectivity index (χ1) is 7.58. The molecule has 0 spiro atoms. The summed E-state index contributed by atoms with van der Waals surface area (Å²) < 4.78 is 4.91. The fraction of sp³-hybridized carbons (Fsp3) is 0.923. The molecule has 3 heteroatoms. The zero-order chi connectivity index (χ0) is 12.2. The average Bonchev–Trinajstić information content (AvgIpc) is 2.36. The van der Waals surface area contributed by atoms with E-state index in [2.05, 4.69) is 6.92 Å². The van der Waals surface area contributed by atoms with Crippen LogP contribution in [0, 0.1) is 17.3 Å². The van der Waals surface area contributed by atoms with Gasteiger partial charge in [0, 0.05) is 6.54 Å². The molecular formula is C13H25NO2. The van der Waals surface area contributed by atoms with E-state index in [1.54, 1.807) is 0 Å². The minimum absolute atomic E-state index is 0.142. The Balaban J connectivity index is 2.75. The van der Waals surface area contributed by atoms with Crippen molar-refractivity contribution in [2.24, 2.45) is 23.0 Å². The second-order valence-electron chi connectivity index (χ2n) is 5.25. The molecule has 0 aromatic rings. The molecule has 0 radical (unpaired) electrons. The predicted octanol–water partition coefficient (Wildman–Crippen LogP) is 2.34. The van der Waals surface area contributed by atoms with Crippen molar-refractivity contribution in [1.82, 2.24) is 0 Å². The average molecular weight is 227 g/mol. The Morgan fingerprint density at radius 1 is 1.50 bits per heavy atom. The van der Waals surface area contributed by atoms with Gasteiger partial charge in [-0.2, -0.15) is 0 Å². The molecule has 1 aliphatic rings. The number of rotatable bonds is 4. The van der Waals surface area contributed by atoms with Gasteiger partial charge in [0.25, 0.3) is 0 Å². The van der Waals surface area contributed by atoms with E-state index in [-0.39, 0.29) is 5.97 Å². The van der Waals surface area contributed by atoms with Gasteiger partial charge in [0.15, 0.2) is 0 Å². The molecule has 1 saturated carbocycles. The van der Waals surface area contributed by atoms with Crippen LogP contribution in [-0.4, -0.2) is 19.6 Å². The number of carbonyl (C=O) groups is 1. The van der Waals surface area contributed by atoms with Crippen LogP contribution < -0.4 is 5.73 Å². The number of hydrogen-bond acceptors (Lipinski definition) is 3. The largest absolute Gasteiger partial charge is 0.469 e. The normalized spacial score (nSPS) is 29.5. The van der Waals surface area contributed by atoms with Gasteiger partial charge in [-0.25, -0.2) is 0 Å². The zero-order valence-electron chi connectivity index (χ0n) is 10.8. The molecule has 94 valence electrons. The van der Waals surface area contributed by atoms with Crippen LogP contribution in [0.2, 0.25) is 0 Å². The molecule has 0 bridgehead atoms. The maximum absolute atomic E-state index is 11.9. The highest BCUT2D eigenvalue weighted by molar-refractivity contribution is 5.77. The number of carbonyl (C=O) groups excluding carboxylic acids is 1. The molecule has 0 aromatic heterocycles. The maximum atomic E-state index is 11.9. The second-order valence-corrected chi connectivity index (χ2v) is 5.25. The third-order valence-corrected chi connectivity index (χ3v) is 4.34. The van der Waals surface area contributed by atoms with Crippen molar-refractivity contribution in [2.75, 3.05) is 13.7 Å². The van der Waals surface area contributed by atoms with E-state index >= 15 is 0 Å². The molecule has 3 atom stereocenters. The Hall–Kier alpha value is -0.570. The van der Waals surface area contributed by atoms with Gasteiger partial charge in [-0.15, -0.1) is 0 Å². The van der Waals surface area contributed by atoms with Crippen molar-refractivity contribution < 1.29 is 9.53 Å². The molecule has 1 rings (SSSR count). The molecule has 0 heterocycles. The molecule has 0 saturated heterocycles. The smallest absolute Gasteiger partial charge is 0.313 e. The fourth-order valence-corrected chi connectivity index (χ4v) is 2.89. The lowest BCUT2D eigenvalue weighted by atomic mass is 9.66. The number of ether oxygens (including phenoxy) is 1. The zero-order valence-corrected chi connectivity index (χ0v) is 10.8. The van der Waals surface area contributed by atoms with Crippen LogP contribution in [0.3, 0.4) is 0 Å². The first-order valence-corrected chi connectivity index (χ1v) is 6.37. The fourth-order valence-electron chi connectivity index (χ4n) is 2.89. The Labute approximate surface area is 98.7 Å². The lowest BCUT2D eigenvalue weighted by molar-refractivity contribution is -0.155. The van der Waals surface area contributed by atoms with Crippen molar-refractivity contribution in [1.29, 1.82) is 0 Å². The molecular weight excluding hydrogens is 202 g/mol. The van der Waals surface area contributed by atoms with E-state index in [0.29, 0.717) is 12.5 Å². The lowest BCUT2D eigenvalue weighted by Crippen LogP contribution is -2.45. The predicted molar refractivity (Wildman–Crippen MR) is 64.9 cm³/mol. The summed E-state index contributed by atoms with van der Waals surface area (Å²) in [4.78, 5) is 11.9. The number of esters is 1. The van der Waals surface area contributed by atoms with E-state index in [9.17, 15) is 4.79 Å². The van der Waals surface area contributed by atoms with E-state index in [4.69, 9.17) is 10.5 Å². The SMILES string of the molecule is CCC1CCCC(C(C)(CN)C(=O)OC)C1. The van der Waals surface area contributed by atoms with Crippen molar-refractivity contribution in [3.63, 3.8) is 0 Å². The van der Waals surface area contributed by atoms with E-state index in [1.807, 2.05) is 6.92 Å². The van der Waals surface area contributed by atoms with Crippen molar-refractivity contribution in [3.05, 3.63) is 0 Å². The van der Waals surface area contributed by atoms with Gasteiger partial charge in [0.1, 0.15) is 0 Å². The number of methoxy groups -OCH3 is 1. The minimum Gasteiger partial charge on any atom is -0.469 e. The summed E-state index contributed by atoms with van der Waals surface area (Å²) in [6.07, 6.45) is 5.96. The summed E-state index contributed by atoms with van der Waals surface area (Å²) in [5, 5.41) is 0. The third-order valence-electron chi connectivity index (χ3n) is 4.34. The summed E-state index contributed by atoms with van der Waals surface area (Å²) in [7, 11) is 1.45. The third kappa shape index (κ3) is 2.57. The summed E-state index contributed by atoms with van der Waals surface area (Å²) >= 11 is 0. The highest BCUT2D eigenvalue weighted by Crippen LogP contribution is 2.41. The van der Waals surface area contributed by atoms with Crippen molar-refractivity contribution in [2.45, 2.75) is 46.0 Å². The Morgan fingerprint density at radius 2 is 2.19 bits per heavy atom. The summed E-state index contributed by atoms with van der Waals surface area (Å²) in [6.45, 7) is 4.58. The van der Waals surface area contributed by atoms with Crippen molar-refractivity contribution >= 4 is 5.97 Å². The van der Waals surface area contributed by atoms with Gasteiger partial charge >= 0.3 is 5.97 Å². The van der Waals surface area contributed by atoms with E-state index in [1.165, 1.54) is 26.4 Å². The van der Waals surface area contributed by atoms with Crippen LogP contribution in [0.25, 0.3) is 0 Å². The molecule has 3 nitrogen and oxygen atoms in total. The Kier molecular flexibility index (Phi) is 4.78. The minimum atomic E-state index is -0.484. The van der Waals surface area contributed by atoms with Crippen LogP contribution >= 0.6 is 0 Å². The van der Waals surface area contributed by atoms with Gasteiger partial charge < -0.3 is 10.5 Å². The van der Waals surface area contributed by atoms with Crippen LogP contribution in [0.15, 0.2) is 0 Å². The Morgan fingerprint density at radius 3 is 2.69 bits per heavy atom. The quantitative estimate of drug-likeness (QED) is 0.750. The molecule has 1 fully saturated rings. The lowest BCUT2D eigenvalue weighted by Gasteiger charge is -2.39. The monoisotopic (exact) mass is 227 g/mol. The van der Waals surface area contributed by atoms with Crippen LogP contribution in [0.1, 0.15) is 46.0 Å². The highest BCUT2D eigenvalue weighted by Gasteiger charge is 2.42. The second kappa shape index (κ2) is 5.67. The molecule has 1 aliphatic carbocycles. The molecule has 0 aliphatic heterocycles. The van der Waals surface area contributed by atoms with Gasteiger partial charge in [0.05, 0.1) is 12.5 Å². The summed E-state index contributed by atoms with van der Waals surface area (Å²) in [5.41, 5.74) is 5.32. The van der Waals surface area contributed by atoms with Gasteiger partial charge in [0.2, 0.25) is 0 Å². The standard InChI is InChI=1S/C13H25NO2/c1-4-10-6-5-7-11(8-10)13(2,9-14)12(15)16-3/h10-11H,4-9,14H2,1-3H3. The van der Waals surface area contributed by atoms with Gasteiger partial charge in [-0.3, -0.25) is 4.79 Å². The van der Waals surface area contributed by atoms with Crippen LogP contribution in [-0.2, 0) is 9.53 Å². The molecule has 3 unspecified atom stereocenters. The van der Waals surface area contributed by atoms with Crippen LogP contribution in [0.5, 0.6) is 0 Å². The van der Waals surface area contributed by atoms with Gasteiger partial charge in [-0.05, 0) is 31.6 Å².